The Balaban J connectivity index is 0.00000341. The van der Waals surface area contributed by atoms with Crippen molar-refractivity contribution in [1.29, 1.82) is 0 Å². The number of ether oxygens (including phenoxy) is 2. The van der Waals surface area contributed by atoms with Crippen LogP contribution in [0.5, 0.6) is 11.5 Å². The maximum Gasteiger partial charge on any atom is 0.387 e. The van der Waals surface area contributed by atoms with E-state index in [4.69, 9.17) is 4.74 Å². The van der Waals surface area contributed by atoms with Gasteiger partial charge in [-0.2, -0.15) is 8.78 Å². The molecule has 0 saturated carbocycles. The highest BCUT2D eigenvalue weighted by Gasteiger charge is 2.16. The highest BCUT2D eigenvalue weighted by atomic mass is 127. The average molecular weight is 550 g/mol. The molecule has 31 heavy (non-hydrogen) atoms. The molecular formula is C20H29F2IN6O2. The number of nitrogens with zero attached hydrogens (tertiary/aromatic N) is 4. The highest BCUT2D eigenvalue weighted by Crippen LogP contribution is 2.26. The Hall–Kier alpha value is -2.18. The van der Waals surface area contributed by atoms with Gasteiger partial charge in [0.25, 0.3) is 0 Å². The Morgan fingerprint density at radius 1 is 1.23 bits per heavy atom. The molecule has 1 aromatic heterocycles. The third-order valence-electron chi connectivity index (χ3n) is 4.75. The third kappa shape index (κ3) is 7.18. The minimum atomic E-state index is -2.92. The van der Waals surface area contributed by atoms with Gasteiger partial charge in [0.2, 0.25) is 0 Å². The van der Waals surface area contributed by atoms with Crippen LogP contribution in [0.4, 0.5) is 8.78 Å². The summed E-state index contributed by atoms with van der Waals surface area (Å²) in [6, 6.07) is 4.93. The van der Waals surface area contributed by atoms with Gasteiger partial charge < -0.3 is 24.7 Å². The summed E-state index contributed by atoms with van der Waals surface area (Å²) in [5.74, 6) is 2.97. The first-order valence-corrected chi connectivity index (χ1v) is 10.2. The van der Waals surface area contributed by atoms with E-state index in [0.717, 1.165) is 43.9 Å². The Morgan fingerprint density at radius 3 is 2.77 bits per heavy atom. The van der Waals surface area contributed by atoms with Gasteiger partial charge in [-0.05, 0) is 31.4 Å². The van der Waals surface area contributed by atoms with E-state index in [9.17, 15) is 8.78 Å². The standard InChI is InChI=1S/C20H28F2N6O2.HI/c1-3-10-29-15-8-7-14(16(11-15)30-19(21)22)12-24-20(23-2)25-13-18-27-26-17-6-4-5-9-28(17)18;/h7-8,11,19H,3-6,9-10,12-13H2,1-2H3,(H2,23,24,25);1H. The number of hydrogen-bond acceptors (Lipinski definition) is 5. The molecule has 11 heteroatoms. The summed E-state index contributed by atoms with van der Waals surface area (Å²) in [4.78, 5) is 4.19. The van der Waals surface area contributed by atoms with Gasteiger partial charge in [0.05, 0.1) is 13.2 Å². The molecule has 1 aliphatic rings. The van der Waals surface area contributed by atoms with E-state index in [2.05, 4.69) is 35.1 Å². The molecule has 2 N–H and O–H groups in total. The highest BCUT2D eigenvalue weighted by molar-refractivity contribution is 14.0. The molecule has 0 radical (unpaired) electrons. The van der Waals surface area contributed by atoms with Gasteiger partial charge in [0.1, 0.15) is 17.3 Å². The summed E-state index contributed by atoms with van der Waals surface area (Å²) in [7, 11) is 1.65. The molecule has 0 bridgehead atoms. The molecule has 0 amide bonds. The van der Waals surface area contributed by atoms with Crippen molar-refractivity contribution in [2.24, 2.45) is 4.99 Å². The van der Waals surface area contributed by atoms with Crippen LogP contribution in [0.3, 0.4) is 0 Å². The van der Waals surface area contributed by atoms with Crippen molar-refractivity contribution in [2.75, 3.05) is 13.7 Å². The quantitative estimate of drug-likeness (QED) is 0.283. The van der Waals surface area contributed by atoms with Crippen LogP contribution in [-0.2, 0) is 26.1 Å². The summed E-state index contributed by atoms with van der Waals surface area (Å²) in [6.45, 7) is 1.22. The van der Waals surface area contributed by atoms with E-state index in [-0.39, 0.29) is 36.3 Å². The van der Waals surface area contributed by atoms with E-state index in [1.54, 1.807) is 19.2 Å². The van der Waals surface area contributed by atoms with Crippen molar-refractivity contribution < 1.29 is 18.3 Å². The fraction of sp³-hybridized carbons (Fsp3) is 0.550. The van der Waals surface area contributed by atoms with Gasteiger partial charge in [-0.15, -0.1) is 34.2 Å². The minimum Gasteiger partial charge on any atom is -0.493 e. The number of aryl methyl sites for hydroxylation is 1. The summed E-state index contributed by atoms with van der Waals surface area (Å²) in [5.41, 5.74) is 0.571. The lowest BCUT2D eigenvalue weighted by molar-refractivity contribution is -0.0505. The summed E-state index contributed by atoms with van der Waals surface area (Å²) in [5, 5.41) is 14.8. The fourth-order valence-corrected chi connectivity index (χ4v) is 3.26. The molecule has 2 aromatic rings. The second-order valence-electron chi connectivity index (χ2n) is 6.92. The van der Waals surface area contributed by atoms with Crippen LogP contribution in [0.1, 0.15) is 43.4 Å². The zero-order chi connectivity index (χ0) is 21.3. The number of aliphatic imine (C=N–C) groups is 1. The maximum atomic E-state index is 12.8. The Morgan fingerprint density at radius 2 is 2.03 bits per heavy atom. The third-order valence-corrected chi connectivity index (χ3v) is 4.75. The number of fused-ring (bicyclic) bond motifs is 1. The second kappa shape index (κ2) is 12.6. The number of nitrogens with one attached hydrogen (secondary N) is 2. The molecule has 0 saturated heterocycles. The van der Waals surface area contributed by atoms with Gasteiger partial charge in [-0.3, -0.25) is 4.99 Å². The summed E-state index contributed by atoms with van der Waals surface area (Å²) >= 11 is 0. The normalized spacial score (nSPS) is 13.4. The van der Waals surface area contributed by atoms with Crippen molar-refractivity contribution in [3.8, 4) is 11.5 Å². The molecule has 172 valence electrons. The van der Waals surface area contributed by atoms with Crippen molar-refractivity contribution in [3.63, 3.8) is 0 Å². The number of alkyl halides is 2. The smallest absolute Gasteiger partial charge is 0.387 e. The molecule has 0 atom stereocenters. The van der Waals surface area contributed by atoms with Crippen LogP contribution in [0, 0.1) is 0 Å². The lowest BCUT2D eigenvalue weighted by atomic mass is 10.2. The molecule has 3 rings (SSSR count). The number of benzene rings is 1. The zero-order valence-corrected chi connectivity index (χ0v) is 20.1. The van der Waals surface area contributed by atoms with E-state index < -0.39 is 6.61 Å². The lowest BCUT2D eigenvalue weighted by Crippen LogP contribution is -2.37. The SMILES string of the molecule is CCCOc1ccc(CNC(=NC)NCc2nnc3n2CCCC3)c(OC(F)F)c1.I. The topological polar surface area (TPSA) is 85.6 Å². The Kier molecular flexibility index (Phi) is 10.2. The predicted molar refractivity (Wildman–Crippen MR) is 124 cm³/mol. The van der Waals surface area contributed by atoms with Crippen LogP contribution in [-0.4, -0.2) is 41.0 Å². The molecule has 8 nitrogen and oxygen atoms in total. The van der Waals surface area contributed by atoms with E-state index in [1.165, 1.54) is 6.07 Å². The fourth-order valence-electron chi connectivity index (χ4n) is 3.26. The largest absolute Gasteiger partial charge is 0.493 e. The van der Waals surface area contributed by atoms with Gasteiger partial charge in [0, 0.05) is 38.2 Å². The average Bonchev–Trinajstić information content (AvgIpc) is 3.16. The molecule has 1 aromatic carbocycles. The van der Waals surface area contributed by atoms with Crippen molar-refractivity contribution in [3.05, 3.63) is 35.4 Å². The van der Waals surface area contributed by atoms with Crippen LogP contribution in [0.15, 0.2) is 23.2 Å². The Bertz CT molecular complexity index is 862. The van der Waals surface area contributed by atoms with Crippen LogP contribution >= 0.6 is 24.0 Å². The molecule has 1 aliphatic heterocycles. The number of halogens is 3. The molecule has 0 aliphatic carbocycles. The van der Waals surface area contributed by atoms with Crippen molar-refractivity contribution in [2.45, 2.75) is 58.9 Å². The zero-order valence-electron chi connectivity index (χ0n) is 17.7. The van der Waals surface area contributed by atoms with E-state index in [1.807, 2.05) is 6.92 Å². The monoisotopic (exact) mass is 550 g/mol. The molecular weight excluding hydrogens is 521 g/mol. The number of aromatic nitrogens is 3. The van der Waals surface area contributed by atoms with Crippen molar-refractivity contribution in [1.82, 2.24) is 25.4 Å². The molecule has 0 fully saturated rings. The predicted octanol–water partition coefficient (Wildman–Crippen LogP) is 3.49. The number of hydrogen-bond donors (Lipinski definition) is 2. The number of rotatable bonds is 9. The molecule has 0 unspecified atom stereocenters. The Labute approximate surface area is 197 Å². The maximum absolute atomic E-state index is 12.8. The lowest BCUT2D eigenvalue weighted by Gasteiger charge is -2.17. The van der Waals surface area contributed by atoms with Crippen LogP contribution in [0.2, 0.25) is 0 Å². The van der Waals surface area contributed by atoms with Gasteiger partial charge >= 0.3 is 6.61 Å². The minimum absolute atomic E-state index is 0. The van der Waals surface area contributed by atoms with Crippen molar-refractivity contribution >= 4 is 29.9 Å². The first-order chi connectivity index (χ1) is 14.6. The second-order valence-corrected chi connectivity index (χ2v) is 6.92. The van der Waals surface area contributed by atoms with Gasteiger partial charge in [-0.25, -0.2) is 0 Å². The number of guanidine groups is 1. The van der Waals surface area contributed by atoms with E-state index >= 15 is 0 Å². The van der Waals surface area contributed by atoms with Gasteiger partial charge in [-0.1, -0.05) is 6.92 Å². The molecule has 0 spiro atoms. The van der Waals surface area contributed by atoms with Gasteiger partial charge in [0.15, 0.2) is 11.8 Å². The first kappa shape index (κ1) is 25.1. The van der Waals surface area contributed by atoms with Crippen LogP contribution in [0.25, 0.3) is 0 Å². The first-order valence-electron chi connectivity index (χ1n) is 10.2. The van der Waals surface area contributed by atoms with E-state index in [0.29, 0.717) is 30.4 Å². The molecule has 2 heterocycles. The van der Waals surface area contributed by atoms with Crippen LogP contribution < -0.4 is 20.1 Å². The summed E-state index contributed by atoms with van der Waals surface area (Å²) < 4.78 is 38.0. The summed E-state index contributed by atoms with van der Waals surface area (Å²) in [6.07, 6.45) is 4.03.